The smallest absolute Gasteiger partial charge is 0.438 e. The Kier molecular flexibility index (Phi) is 5.19. The molecule has 2 bridgehead atoms. The van der Waals surface area contributed by atoms with Gasteiger partial charge in [-0.05, 0) is 67.6 Å². The molecule has 1 saturated heterocycles. The number of carbonyl (C=O) groups is 1. The predicted molar refractivity (Wildman–Crippen MR) is 97.9 cm³/mol. The lowest BCUT2D eigenvalue weighted by Gasteiger charge is -2.42. The van der Waals surface area contributed by atoms with E-state index in [1.54, 1.807) is 7.11 Å². The molecule has 27 heavy (non-hydrogen) atoms. The van der Waals surface area contributed by atoms with Gasteiger partial charge in [0.15, 0.2) is 0 Å². The van der Waals surface area contributed by atoms with Crippen molar-refractivity contribution in [2.75, 3.05) is 27.4 Å². The molecule has 4 fully saturated rings. The molecule has 6 nitrogen and oxygen atoms in total. The zero-order chi connectivity index (χ0) is 19.2. The normalized spacial score (nSPS) is 48.0. The first-order valence-corrected chi connectivity index (χ1v) is 10.4. The molecule has 0 amide bonds. The van der Waals surface area contributed by atoms with Gasteiger partial charge in [0.1, 0.15) is 6.61 Å². The zero-order valence-corrected chi connectivity index (χ0v) is 17.1. The molecule has 0 N–H and O–H groups in total. The number of methoxy groups -OCH3 is 2. The van der Waals surface area contributed by atoms with Crippen LogP contribution in [-0.4, -0.2) is 46.2 Å². The number of epoxide rings is 1. The Balaban J connectivity index is 1.35. The molecule has 3 aliphatic carbocycles. The van der Waals surface area contributed by atoms with E-state index in [1.165, 1.54) is 39.2 Å². The second kappa shape index (κ2) is 7.20. The number of ether oxygens (including phenoxy) is 5. The van der Waals surface area contributed by atoms with Crippen LogP contribution in [0, 0.1) is 34.5 Å². The van der Waals surface area contributed by atoms with Crippen LogP contribution >= 0.6 is 0 Å². The second-order valence-electron chi connectivity index (χ2n) is 10.0. The molecular weight excluding hydrogens is 348 g/mol. The summed E-state index contributed by atoms with van der Waals surface area (Å²) >= 11 is 0. The van der Waals surface area contributed by atoms with Gasteiger partial charge in [-0.3, -0.25) is 0 Å². The van der Waals surface area contributed by atoms with Gasteiger partial charge in [0.25, 0.3) is 0 Å². The molecule has 0 aromatic heterocycles. The van der Waals surface area contributed by atoms with Crippen LogP contribution in [0.1, 0.15) is 52.4 Å². The Morgan fingerprint density at radius 3 is 2.41 bits per heavy atom. The Labute approximate surface area is 162 Å². The van der Waals surface area contributed by atoms with Crippen LogP contribution < -0.4 is 0 Å². The van der Waals surface area contributed by atoms with E-state index in [0.29, 0.717) is 6.61 Å². The summed E-state index contributed by atoms with van der Waals surface area (Å²) < 4.78 is 26.4. The predicted octanol–water partition coefficient (Wildman–Crippen LogP) is 3.97. The van der Waals surface area contributed by atoms with E-state index in [2.05, 4.69) is 18.6 Å². The Bertz CT molecular complexity index is 567. The maximum Gasteiger partial charge on any atom is 0.507 e. The minimum atomic E-state index is -0.562. The van der Waals surface area contributed by atoms with Crippen LogP contribution in [0.4, 0.5) is 4.79 Å². The van der Waals surface area contributed by atoms with E-state index >= 15 is 0 Å². The summed E-state index contributed by atoms with van der Waals surface area (Å²) in [7, 11) is 3.02. The number of rotatable bonds is 6. The standard InChI is InChI=1S/C21H34O6/c1-20(11-25-18-17(23-3)27-18)6-5-15-13-7-14(16(15)10-20)9-21(2,8-13)12-26-19(22)24-4/h13-18H,5-12H2,1-4H3. The number of fused-ring (bicyclic) bond motifs is 5. The minimum absolute atomic E-state index is 0.0829. The lowest BCUT2D eigenvalue weighted by molar-refractivity contribution is -0.0388. The third-order valence-electron chi connectivity index (χ3n) is 7.63. The third kappa shape index (κ3) is 3.99. The first-order chi connectivity index (χ1) is 12.8. The lowest BCUT2D eigenvalue weighted by Crippen LogP contribution is -2.36. The van der Waals surface area contributed by atoms with E-state index in [9.17, 15) is 4.79 Å². The second-order valence-corrected chi connectivity index (χ2v) is 10.0. The monoisotopic (exact) mass is 382 g/mol. The topological polar surface area (TPSA) is 66.5 Å². The molecular formula is C21H34O6. The van der Waals surface area contributed by atoms with Crippen LogP contribution in [0.2, 0.25) is 0 Å². The average Bonchev–Trinajstić information content (AvgIpc) is 3.38. The molecule has 0 aromatic rings. The summed E-state index contributed by atoms with van der Waals surface area (Å²) in [6, 6.07) is 0. The van der Waals surface area contributed by atoms with E-state index in [-0.39, 0.29) is 23.4 Å². The SMILES string of the molecule is COC(=O)OCC1(C)CC2CC(C1)C1CC(C)(COC3OC3OC)CCC21. The summed E-state index contributed by atoms with van der Waals surface area (Å²) in [5.41, 5.74) is 0.307. The van der Waals surface area contributed by atoms with E-state index in [1.807, 2.05) is 0 Å². The summed E-state index contributed by atoms with van der Waals surface area (Å²) in [6.45, 7) is 5.88. The minimum Gasteiger partial charge on any atom is -0.438 e. The summed E-state index contributed by atoms with van der Waals surface area (Å²) in [5, 5.41) is 0. The van der Waals surface area contributed by atoms with Crippen molar-refractivity contribution >= 4 is 6.16 Å². The Morgan fingerprint density at radius 2 is 1.74 bits per heavy atom. The number of hydrogen-bond acceptors (Lipinski definition) is 6. The molecule has 4 rings (SSSR count). The van der Waals surface area contributed by atoms with E-state index in [0.717, 1.165) is 36.7 Å². The summed E-state index contributed by atoms with van der Waals surface area (Å²) in [6.07, 6.45) is 6.49. The molecule has 1 aliphatic heterocycles. The van der Waals surface area contributed by atoms with Gasteiger partial charge in [-0.15, -0.1) is 0 Å². The fourth-order valence-corrected chi connectivity index (χ4v) is 6.41. The van der Waals surface area contributed by atoms with Crippen molar-refractivity contribution in [3.63, 3.8) is 0 Å². The molecule has 3 saturated carbocycles. The Hall–Kier alpha value is -0.850. The quantitative estimate of drug-likeness (QED) is 0.511. The molecule has 4 aliphatic rings. The summed E-state index contributed by atoms with van der Waals surface area (Å²) in [5.74, 6) is 3.11. The van der Waals surface area contributed by atoms with Gasteiger partial charge >= 0.3 is 6.16 Å². The van der Waals surface area contributed by atoms with Crippen molar-refractivity contribution in [2.24, 2.45) is 34.5 Å². The number of hydrogen-bond donors (Lipinski definition) is 0. The maximum atomic E-state index is 11.4. The number of carbonyl (C=O) groups excluding carboxylic acids is 1. The zero-order valence-electron chi connectivity index (χ0n) is 17.1. The highest BCUT2D eigenvalue weighted by atomic mass is 16.9. The molecule has 8 unspecified atom stereocenters. The largest absolute Gasteiger partial charge is 0.507 e. The van der Waals surface area contributed by atoms with E-state index < -0.39 is 6.16 Å². The Morgan fingerprint density at radius 1 is 1.00 bits per heavy atom. The van der Waals surface area contributed by atoms with Gasteiger partial charge < -0.3 is 23.7 Å². The first kappa shape index (κ1) is 19.5. The van der Waals surface area contributed by atoms with Crippen molar-refractivity contribution in [1.29, 1.82) is 0 Å². The molecule has 1 heterocycles. The first-order valence-electron chi connectivity index (χ1n) is 10.4. The van der Waals surface area contributed by atoms with Crippen molar-refractivity contribution in [1.82, 2.24) is 0 Å². The summed E-state index contributed by atoms with van der Waals surface area (Å²) in [4.78, 5) is 11.4. The fraction of sp³-hybridized carbons (Fsp3) is 0.952. The van der Waals surface area contributed by atoms with Crippen molar-refractivity contribution in [3.8, 4) is 0 Å². The van der Waals surface area contributed by atoms with Crippen molar-refractivity contribution in [2.45, 2.75) is 65.0 Å². The van der Waals surface area contributed by atoms with Gasteiger partial charge in [0.2, 0.25) is 12.6 Å². The van der Waals surface area contributed by atoms with Crippen LogP contribution in [0.25, 0.3) is 0 Å². The molecule has 0 radical (unpaired) electrons. The van der Waals surface area contributed by atoms with Gasteiger partial charge in [0.05, 0.1) is 13.7 Å². The van der Waals surface area contributed by atoms with Crippen LogP contribution in [0.5, 0.6) is 0 Å². The van der Waals surface area contributed by atoms with Gasteiger partial charge in [-0.1, -0.05) is 13.8 Å². The molecule has 0 aromatic carbocycles. The van der Waals surface area contributed by atoms with Gasteiger partial charge in [0, 0.05) is 12.5 Å². The highest BCUT2D eigenvalue weighted by molar-refractivity contribution is 5.59. The molecule has 6 heteroatoms. The highest BCUT2D eigenvalue weighted by Crippen LogP contribution is 2.62. The van der Waals surface area contributed by atoms with Crippen molar-refractivity contribution < 1.29 is 28.5 Å². The van der Waals surface area contributed by atoms with Crippen LogP contribution in [-0.2, 0) is 23.7 Å². The van der Waals surface area contributed by atoms with Crippen LogP contribution in [0.3, 0.4) is 0 Å². The average molecular weight is 382 g/mol. The van der Waals surface area contributed by atoms with Gasteiger partial charge in [-0.25, -0.2) is 4.79 Å². The van der Waals surface area contributed by atoms with Crippen molar-refractivity contribution in [3.05, 3.63) is 0 Å². The maximum absolute atomic E-state index is 11.4. The highest BCUT2D eigenvalue weighted by Gasteiger charge is 2.55. The van der Waals surface area contributed by atoms with Crippen LogP contribution in [0.15, 0.2) is 0 Å². The van der Waals surface area contributed by atoms with Gasteiger partial charge in [-0.2, -0.15) is 0 Å². The molecule has 154 valence electrons. The molecule has 8 atom stereocenters. The fourth-order valence-electron chi connectivity index (χ4n) is 6.41. The van der Waals surface area contributed by atoms with E-state index in [4.69, 9.17) is 18.9 Å². The molecule has 0 spiro atoms. The third-order valence-corrected chi connectivity index (χ3v) is 7.63. The lowest BCUT2D eigenvalue weighted by atomic mass is 9.65.